The van der Waals surface area contributed by atoms with Crippen molar-refractivity contribution in [2.75, 3.05) is 11.9 Å². The summed E-state index contributed by atoms with van der Waals surface area (Å²) >= 11 is 5.19. The first kappa shape index (κ1) is 12.6. The molecule has 1 heterocycles. The van der Waals surface area contributed by atoms with E-state index in [1.165, 1.54) is 16.8 Å². The van der Waals surface area contributed by atoms with Gasteiger partial charge in [0.05, 0.1) is 17.7 Å². The molecular formula is C13H15BrN2S. The third kappa shape index (κ3) is 3.07. The molecule has 0 aliphatic rings. The predicted octanol–water partition coefficient (Wildman–Crippen LogP) is 3.98. The van der Waals surface area contributed by atoms with Gasteiger partial charge in [0.2, 0.25) is 0 Å². The zero-order chi connectivity index (χ0) is 12.3. The van der Waals surface area contributed by atoms with Crippen molar-refractivity contribution in [1.29, 1.82) is 0 Å². The van der Waals surface area contributed by atoms with Crippen LogP contribution in [0.3, 0.4) is 0 Å². The fraction of sp³-hybridized carbons (Fsp3) is 0.308. The Kier molecular flexibility index (Phi) is 4.18. The number of alkyl halides is 1. The lowest BCUT2D eigenvalue weighted by Gasteiger charge is -2.21. The third-order valence-corrected chi connectivity index (χ3v) is 3.91. The highest BCUT2D eigenvalue weighted by atomic mass is 79.9. The quantitative estimate of drug-likeness (QED) is 0.794. The molecule has 2 aromatic rings. The molecule has 0 amide bonds. The van der Waals surface area contributed by atoms with Gasteiger partial charge in [-0.3, -0.25) is 0 Å². The van der Waals surface area contributed by atoms with Crippen molar-refractivity contribution in [2.24, 2.45) is 0 Å². The van der Waals surface area contributed by atoms with Crippen LogP contribution in [-0.4, -0.2) is 12.0 Å². The lowest BCUT2D eigenvalue weighted by Crippen LogP contribution is -2.18. The first-order valence-corrected chi connectivity index (χ1v) is 7.51. The summed E-state index contributed by atoms with van der Waals surface area (Å²) in [4.78, 5) is 6.56. The summed E-state index contributed by atoms with van der Waals surface area (Å²) in [7, 11) is 2.11. The molecule has 90 valence electrons. The molecule has 17 heavy (non-hydrogen) atoms. The maximum atomic E-state index is 4.32. The molecule has 0 unspecified atom stereocenters. The van der Waals surface area contributed by atoms with Crippen LogP contribution in [0.15, 0.2) is 29.1 Å². The number of aromatic nitrogens is 1. The van der Waals surface area contributed by atoms with E-state index in [1.807, 2.05) is 5.51 Å². The number of benzene rings is 1. The molecule has 1 aromatic heterocycles. The van der Waals surface area contributed by atoms with Crippen LogP contribution in [0.2, 0.25) is 0 Å². The van der Waals surface area contributed by atoms with E-state index < -0.39 is 0 Å². The molecule has 0 aliphatic heterocycles. The van der Waals surface area contributed by atoms with Crippen LogP contribution in [0, 0.1) is 6.92 Å². The Labute approximate surface area is 114 Å². The van der Waals surface area contributed by atoms with Crippen molar-refractivity contribution in [2.45, 2.75) is 18.8 Å². The maximum absolute atomic E-state index is 4.32. The number of halogens is 1. The van der Waals surface area contributed by atoms with Gasteiger partial charge in [-0.25, -0.2) is 4.98 Å². The third-order valence-electron chi connectivity index (χ3n) is 2.67. The number of hydrogen-bond donors (Lipinski definition) is 0. The number of rotatable bonds is 4. The molecule has 4 heteroatoms. The van der Waals surface area contributed by atoms with Crippen LogP contribution in [-0.2, 0) is 11.9 Å². The second-order valence-corrected chi connectivity index (χ2v) is 5.38. The van der Waals surface area contributed by atoms with E-state index in [2.05, 4.69) is 63.4 Å². The fourth-order valence-corrected chi connectivity index (χ4v) is 2.84. The standard InChI is InChI=1S/C13H15BrN2S/c1-10-3-4-13(11(5-10)6-14)16(2)7-12-8-17-9-15-12/h3-5,8-9H,6-7H2,1-2H3. The van der Waals surface area contributed by atoms with Crippen LogP contribution in [0.1, 0.15) is 16.8 Å². The van der Waals surface area contributed by atoms with Crippen LogP contribution >= 0.6 is 27.3 Å². The number of nitrogens with zero attached hydrogens (tertiary/aromatic N) is 2. The van der Waals surface area contributed by atoms with Crippen LogP contribution in [0.4, 0.5) is 5.69 Å². The largest absolute Gasteiger partial charge is 0.368 e. The van der Waals surface area contributed by atoms with Gasteiger partial charge in [-0.05, 0) is 18.6 Å². The summed E-state index contributed by atoms with van der Waals surface area (Å²) in [6, 6.07) is 6.55. The predicted molar refractivity (Wildman–Crippen MR) is 78.0 cm³/mol. The first-order chi connectivity index (χ1) is 8.20. The second-order valence-electron chi connectivity index (χ2n) is 4.10. The Hall–Kier alpha value is -0.870. The van der Waals surface area contributed by atoms with Crippen molar-refractivity contribution in [3.05, 3.63) is 45.9 Å². The van der Waals surface area contributed by atoms with Crippen molar-refractivity contribution in [1.82, 2.24) is 4.98 Å². The number of hydrogen-bond acceptors (Lipinski definition) is 3. The summed E-state index contributed by atoms with van der Waals surface area (Å²) in [5.41, 5.74) is 6.89. The molecule has 1 aromatic carbocycles. The second kappa shape index (κ2) is 5.65. The average molecular weight is 311 g/mol. The average Bonchev–Trinajstić information content (AvgIpc) is 2.81. The van der Waals surface area contributed by atoms with Crippen molar-refractivity contribution < 1.29 is 0 Å². The Bertz CT molecular complexity index is 482. The van der Waals surface area contributed by atoms with Gasteiger partial charge in [0, 0.05) is 23.4 Å². The van der Waals surface area contributed by atoms with Gasteiger partial charge in [-0.1, -0.05) is 33.6 Å². The van der Waals surface area contributed by atoms with Crippen LogP contribution in [0.5, 0.6) is 0 Å². The molecule has 0 atom stereocenters. The molecule has 0 saturated heterocycles. The SMILES string of the molecule is Cc1ccc(N(C)Cc2cscn2)c(CBr)c1. The molecule has 0 N–H and O–H groups in total. The Morgan fingerprint density at radius 2 is 2.24 bits per heavy atom. The van der Waals surface area contributed by atoms with Crippen LogP contribution < -0.4 is 4.90 Å². The minimum atomic E-state index is 0.854. The Morgan fingerprint density at radius 3 is 2.88 bits per heavy atom. The number of anilines is 1. The first-order valence-electron chi connectivity index (χ1n) is 5.44. The molecule has 0 bridgehead atoms. The summed E-state index contributed by atoms with van der Waals surface area (Å²) in [5.74, 6) is 0. The molecule has 0 spiro atoms. The van der Waals surface area contributed by atoms with Gasteiger partial charge in [-0.2, -0.15) is 0 Å². The molecule has 2 rings (SSSR count). The minimum absolute atomic E-state index is 0.854. The molecule has 0 saturated carbocycles. The van der Waals surface area contributed by atoms with Crippen molar-refractivity contribution in [3.63, 3.8) is 0 Å². The maximum Gasteiger partial charge on any atom is 0.0795 e. The van der Waals surface area contributed by atoms with Gasteiger partial charge in [-0.15, -0.1) is 11.3 Å². The van der Waals surface area contributed by atoms with Crippen molar-refractivity contribution >= 4 is 33.0 Å². The van der Waals surface area contributed by atoms with E-state index in [4.69, 9.17) is 0 Å². The lowest BCUT2D eigenvalue weighted by molar-refractivity contribution is 0.889. The van der Waals surface area contributed by atoms with Gasteiger partial charge in [0.1, 0.15) is 0 Å². The van der Waals surface area contributed by atoms with Gasteiger partial charge in [0.15, 0.2) is 0 Å². The Balaban J connectivity index is 2.21. The topological polar surface area (TPSA) is 16.1 Å². The zero-order valence-corrected chi connectivity index (χ0v) is 12.4. The monoisotopic (exact) mass is 310 g/mol. The van der Waals surface area contributed by atoms with E-state index in [9.17, 15) is 0 Å². The fourth-order valence-electron chi connectivity index (χ4n) is 1.84. The molecule has 0 radical (unpaired) electrons. The minimum Gasteiger partial charge on any atom is -0.368 e. The molecular weight excluding hydrogens is 296 g/mol. The Morgan fingerprint density at radius 1 is 1.41 bits per heavy atom. The highest BCUT2D eigenvalue weighted by molar-refractivity contribution is 9.08. The van der Waals surface area contributed by atoms with Crippen LogP contribution in [0.25, 0.3) is 0 Å². The number of thiazole rings is 1. The van der Waals surface area contributed by atoms with Crippen molar-refractivity contribution in [3.8, 4) is 0 Å². The smallest absolute Gasteiger partial charge is 0.0795 e. The van der Waals surface area contributed by atoms with Gasteiger partial charge >= 0.3 is 0 Å². The van der Waals surface area contributed by atoms with E-state index in [1.54, 1.807) is 11.3 Å². The van der Waals surface area contributed by atoms with E-state index in [0.29, 0.717) is 0 Å². The molecule has 0 fully saturated rings. The lowest BCUT2D eigenvalue weighted by atomic mass is 10.1. The zero-order valence-electron chi connectivity index (χ0n) is 9.98. The summed E-state index contributed by atoms with van der Waals surface area (Å²) in [5, 5.41) is 2.98. The highest BCUT2D eigenvalue weighted by Crippen LogP contribution is 2.24. The van der Waals surface area contributed by atoms with E-state index >= 15 is 0 Å². The van der Waals surface area contributed by atoms with E-state index in [0.717, 1.165) is 17.6 Å². The normalized spacial score (nSPS) is 10.5. The van der Waals surface area contributed by atoms with Gasteiger partial charge < -0.3 is 4.90 Å². The number of aryl methyl sites for hydroxylation is 1. The highest BCUT2D eigenvalue weighted by Gasteiger charge is 2.08. The van der Waals surface area contributed by atoms with Gasteiger partial charge in [0.25, 0.3) is 0 Å². The molecule has 2 nitrogen and oxygen atoms in total. The molecule has 0 aliphatic carbocycles. The summed E-state index contributed by atoms with van der Waals surface area (Å²) < 4.78 is 0. The van der Waals surface area contributed by atoms with E-state index in [-0.39, 0.29) is 0 Å². The summed E-state index contributed by atoms with van der Waals surface area (Å²) in [6.45, 7) is 2.98. The summed E-state index contributed by atoms with van der Waals surface area (Å²) in [6.07, 6.45) is 0.